The van der Waals surface area contributed by atoms with Crippen LogP contribution in [0.5, 0.6) is 0 Å². The molecule has 0 spiro atoms. The molecule has 0 N–H and O–H groups in total. The first-order valence-electron chi connectivity index (χ1n) is 15.4. The average Bonchev–Trinajstić information content (AvgIpc) is 3.73. The Morgan fingerprint density at radius 1 is 0.647 bits per heavy atom. The summed E-state index contributed by atoms with van der Waals surface area (Å²) in [5.41, 5.74) is 0. The molecule has 3 aliphatic carbocycles. The van der Waals surface area contributed by atoms with E-state index in [4.69, 9.17) is 9.47 Å². The minimum atomic E-state index is 0.220. The van der Waals surface area contributed by atoms with Gasteiger partial charge in [-0.15, -0.1) is 0 Å². The number of rotatable bonds is 23. The monoisotopic (exact) mass is 477 g/mol. The van der Waals surface area contributed by atoms with Crippen molar-refractivity contribution in [3.8, 4) is 0 Å². The van der Waals surface area contributed by atoms with Crippen molar-refractivity contribution in [3.63, 3.8) is 0 Å². The van der Waals surface area contributed by atoms with Crippen molar-refractivity contribution in [2.45, 2.75) is 123 Å². The fourth-order valence-corrected chi connectivity index (χ4v) is 6.39. The molecule has 7 unspecified atom stereocenters. The Bertz CT molecular complexity index is 524. The maximum Gasteiger partial charge on any atom is 0.0934 e. The summed E-state index contributed by atoms with van der Waals surface area (Å²) >= 11 is 0. The fraction of sp³-hybridized carbons (Fsp3) is 1.00. The van der Waals surface area contributed by atoms with Crippen LogP contribution in [0.3, 0.4) is 0 Å². The molecule has 34 heavy (non-hydrogen) atoms. The zero-order chi connectivity index (χ0) is 24.2. The van der Waals surface area contributed by atoms with Gasteiger partial charge in [0.25, 0.3) is 0 Å². The van der Waals surface area contributed by atoms with E-state index < -0.39 is 0 Å². The summed E-state index contributed by atoms with van der Waals surface area (Å²) in [6.07, 6.45) is 23.1. The molecule has 3 nitrogen and oxygen atoms in total. The molecule has 3 heteroatoms. The molecule has 3 aliphatic rings. The van der Waals surface area contributed by atoms with Gasteiger partial charge in [-0.05, 0) is 94.5 Å². The summed E-state index contributed by atoms with van der Waals surface area (Å²) in [6.45, 7) is 8.05. The first-order valence-corrected chi connectivity index (χ1v) is 15.4. The molecule has 3 rings (SSSR count). The Hall–Kier alpha value is -0.120. The highest BCUT2D eigenvalue weighted by Crippen LogP contribution is 2.58. The predicted molar refractivity (Wildman–Crippen MR) is 145 cm³/mol. The van der Waals surface area contributed by atoms with E-state index in [1.165, 1.54) is 70.6 Å². The smallest absolute Gasteiger partial charge is 0.0934 e. The Kier molecular flexibility index (Phi) is 13.3. The Morgan fingerprint density at radius 3 is 1.79 bits per heavy atom. The van der Waals surface area contributed by atoms with E-state index in [1.807, 2.05) is 0 Å². The molecule has 3 saturated carbocycles. The van der Waals surface area contributed by atoms with Crippen molar-refractivity contribution in [2.75, 3.05) is 40.5 Å². The van der Waals surface area contributed by atoms with Gasteiger partial charge >= 0.3 is 0 Å². The predicted octanol–water partition coefficient (Wildman–Crippen LogP) is 7.97. The van der Waals surface area contributed by atoms with E-state index in [2.05, 4.69) is 32.8 Å². The summed E-state index contributed by atoms with van der Waals surface area (Å²) in [5, 5.41) is 0. The van der Waals surface area contributed by atoms with Crippen molar-refractivity contribution in [1.29, 1.82) is 0 Å². The van der Waals surface area contributed by atoms with Crippen LogP contribution in [0.2, 0.25) is 0 Å². The van der Waals surface area contributed by atoms with E-state index in [0.717, 1.165) is 61.9 Å². The molecule has 0 heterocycles. The first kappa shape index (κ1) is 28.5. The Labute approximate surface area is 213 Å². The number of hydrogen-bond donors (Lipinski definition) is 0. The topological polar surface area (TPSA) is 21.7 Å². The number of hydrogen-bond acceptors (Lipinski definition) is 3. The second-order valence-corrected chi connectivity index (χ2v) is 12.6. The van der Waals surface area contributed by atoms with Crippen LogP contribution in [0.1, 0.15) is 117 Å². The fourth-order valence-electron chi connectivity index (χ4n) is 6.39. The zero-order valence-corrected chi connectivity index (χ0v) is 23.4. The van der Waals surface area contributed by atoms with E-state index in [0.29, 0.717) is 0 Å². The van der Waals surface area contributed by atoms with Crippen molar-refractivity contribution in [3.05, 3.63) is 0 Å². The van der Waals surface area contributed by atoms with Crippen molar-refractivity contribution in [1.82, 2.24) is 4.90 Å². The minimum Gasteiger partial charge on any atom is -0.379 e. The standard InChI is InChI=1S/C31H59NO2/c1-5-7-10-14-25-18-27(25)20-29-22-30(29)21-28-19-26(28)15-11-9-13-16-33-24-31(23-32(3)4)34-17-12-8-6-2/h25-31H,5-24H2,1-4H3. The summed E-state index contributed by atoms with van der Waals surface area (Å²) < 4.78 is 12.1. The summed E-state index contributed by atoms with van der Waals surface area (Å²) in [7, 11) is 4.24. The van der Waals surface area contributed by atoms with Crippen LogP contribution in [-0.4, -0.2) is 51.5 Å². The molecule has 0 radical (unpaired) electrons. The zero-order valence-electron chi connectivity index (χ0n) is 23.4. The Morgan fingerprint density at radius 2 is 1.18 bits per heavy atom. The number of unbranched alkanes of at least 4 members (excludes halogenated alkanes) is 6. The van der Waals surface area contributed by atoms with Gasteiger partial charge in [0, 0.05) is 19.8 Å². The SMILES string of the molecule is CCCCCOC(COCCCCCC1CC1CC1CC1CC1CC1CCCCC)CN(C)C. The molecule has 3 fully saturated rings. The van der Waals surface area contributed by atoms with Crippen LogP contribution in [0.15, 0.2) is 0 Å². The van der Waals surface area contributed by atoms with E-state index in [9.17, 15) is 0 Å². The van der Waals surface area contributed by atoms with Crippen LogP contribution in [0.4, 0.5) is 0 Å². The third-order valence-corrected chi connectivity index (χ3v) is 8.93. The third kappa shape index (κ3) is 11.7. The lowest BCUT2D eigenvalue weighted by atomic mass is 10.0. The highest BCUT2D eigenvalue weighted by atomic mass is 16.5. The maximum atomic E-state index is 6.06. The highest BCUT2D eigenvalue weighted by molar-refractivity contribution is 4.98. The number of nitrogens with zero attached hydrogens (tertiary/aromatic N) is 1. The van der Waals surface area contributed by atoms with Gasteiger partial charge in [-0.3, -0.25) is 0 Å². The molecule has 0 bridgehead atoms. The number of likely N-dealkylation sites (N-methyl/N-ethyl adjacent to an activating group) is 1. The molecule has 0 amide bonds. The lowest BCUT2D eigenvalue weighted by Crippen LogP contribution is -2.32. The van der Waals surface area contributed by atoms with Crippen molar-refractivity contribution >= 4 is 0 Å². The van der Waals surface area contributed by atoms with Gasteiger partial charge in [0.05, 0.1) is 12.7 Å². The number of ether oxygens (including phenoxy) is 2. The molecular formula is C31H59NO2. The van der Waals surface area contributed by atoms with Crippen LogP contribution >= 0.6 is 0 Å². The molecule has 200 valence electrons. The van der Waals surface area contributed by atoms with Gasteiger partial charge in [-0.25, -0.2) is 0 Å². The molecule has 0 saturated heterocycles. The van der Waals surface area contributed by atoms with E-state index >= 15 is 0 Å². The van der Waals surface area contributed by atoms with Gasteiger partial charge < -0.3 is 14.4 Å². The van der Waals surface area contributed by atoms with Crippen LogP contribution in [0.25, 0.3) is 0 Å². The van der Waals surface area contributed by atoms with Gasteiger partial charge in [0.15, 0.2) is 0 Å². The molecule has 7 atom stereocenters. The second-order valence-electron chi connectivity index (χ2n) is 12.6. The lowest BCUT2D eigenvalue weighted by molar-refractivity contribution is -0.0287. The molecule has 0 aromatic rings. The maximum absolute atomic E-state index is 6.06. The second kappa shape index (κ2) is 15.9. The van der Waals surface area contributed by atoms with E-state index in [-0.39, 0.29) is 6.10 Å². The van der Waals surface area contributed by atoms with Crippen molar-refractivity contribution in [2.24, 2.45) is 35.5 Å². The van der Waals surface area contributed by atoms with Crippen LogP contribution in [0, 0.1) is 35.5 Å². The first-order chi connectivity index (χ1) is 16.6. The summed E-state index contributed by atoms with van der Waals surface area (Å²) in [6, 6.07) is 0. The van der Waals surface area contributed by atoms with Crippen LogP contribution < -0.4 is 0 Å². The third-order valence-electron chi connectivity index (χ3n) is 8.93. The van der Waals surface area contributed by atoms with Crippen LogP contribution in [-0.2, 0) is 9.47 Å². The largest absolute Gasteiger partial charge is 0.379 e. The molecular weight excluding hydrogens is 418 g/mol. The van der Waals surface area contributed by atoms with Gasteiger partial charge in [0.2, 0.25) is 0 Å². The summed E-state index contributed by atoms with van der Waals surface area (Å²) in [4.78, 5) is 2.21. The average molecular weight is 478 g/mol. The normalized spacial score (nSPS) is 30.6. The van der Waals surface area contributed by atoms with Gasteiger partial charge in [0.1, 0.15) is 0 Å². The summed E-state index contributed by atoms with van der Waals surface area (Å²) in [5.74, 6) is 6.69. The molecule has 0 aliphatic heterocycles. The molecule has 0 aromatic carbocycles. The van der Waals surface area contributed by atoms with Gasteiger partial charge in [-0.1, -0.05) is 71.6 Å². The van der Waals surface area contributed by atoms with Crippen molar-refractivity contribution < 1.29 is 9.47 Å². The van der Waals surface area contributed by atoms with Gasteiger partial charge in [-0.2, -0.15) is 0 Å². The van der Waals surface area contributed by atoms with E-state index in [1.54, 1.807) is 32.1 Å². The lowest BCUT2D eigenvalue weighted by Gasteiger charge is -2.21. The Balaban J connectivity index is 1.11. The molecule has 0 aromatic heterocycles. The quantitative estimate of drug-likeness (QED) is 0.139. The highest BCUT2D eigenvalue weighted by Gasteiger charge is 2.48. The minimum absolute atomic E-state index is 0.220.